The Morgan fingerprint density at radius 1 is 1.22 bits per heavy atom. The van der Waals surface area contributed by atoms with Gasteiger partial charge < -0.3 is 14.7 Å². The molecule has 4 heteroatoms. The number of nitrogens with zero attached hydrogens (tertiary/aromatic N) is 2. The largest absolute Gasteiger partial charge is 0.507 e. The number of aromatic hydroxyl groups is 1. The van der Waals surface area contributed by atoms with E-state index in [1.54, 1.807) is 31.5 Å². The summed E-state index contributed by atoms with van der Waals surface area (Å²) < 4.78 is 5.16. The fourth-order valence-electron chi connectivity index (χ4n) is 2.40. The van der Waals surface area contributed by atoms with Gasteiger partial charge >= 0.3 is 0 Å². The third-order valence-electron chi connectivity index (χ3n) is 3.71. The van der Waals surface area contributed by atoms with E-state index in [4.69, 9.17) is 4.74 Å². The molecule has 4 nitrogen and oxygen atoms in total. The summed E-state index contributed by atoms with van der Waals surface area (Å²) in [6, 6.07) is 13.6. The Morgan fingerprint density at radius 3 is 2.74 bits per heavy atom. The van der Waals surface area contributed by atoms with Crippen molar-refractivity contribution in [2.75, 3.05) is 31.6 Å². The lowest BCUT2D eigenvalue weighted by molar-refractivity contribution is 0.412. The molecule has 0 aliphatic carbocycles. The van der Waals surface area contributed by atoms with Crippen LogP contribution in [0, 0.1) is 6.92 Å². The Morgan fingerprint density at radius 2 is 2.04 bits per heavy atom. The van der Waals surface area contributed by atoms with E-state index in [2.05, 4.69) is 48.0 Å². The average Bonchev–Trinajstić information content (AvgIpc) is 2.56. The second kappa shape index (κ2) is 8.22. The molecule has 0 aliphatic rings. The highest BCUT2D eigenvalue weighted by molar-refractivity contribution is 5.84. The molecule has 0 saturated carbocycles. The van der Waals surface area contributed by atoms with E-state index >= 15 is 0 Å². The minimum absolute atomic E-state index is 0.209. The number of methoxy groups -OCH3 is 1. The van der Waals surface area contributed by atoms with Crippen LogP contribution in [0.3, 0.4) is 0 Å². The van der Waals surface area contributed by atoms with Gasteiger partial charge in [-0.1, -0.05) is 12.1 Å². The third-order valence-corrected chi connectivity index (χ3v) is 3.71. The molecular weight excluding hydrogens is 288 g/mol. The highest BCUT2D eigenvalue weighted by Gasteiger charge is 2.04. The molecule has 0 unspecified atom stereocenters. The molecule has 0 atom stereocenters. The molecule has 0 spiro atoms. The number of ether oxygens (including phenoxy) is 1. The number of aryl methyl sites for hydroxylation is 1. The van der Waals surface area contributed by atoms with Crippen LogP contribution in [0.25, 0.3) is 0 Å². The molecule has 0 aliphatic heterocycles. The third kappa shape index (κ3) is 4.74. The molecule has 1 N–H and O–H groups in total. The Labute approximate surface area is 138 Å². The van der Waals surface area contributed by atoms with Crippen LogP contribution in [0.1, 0.15) is 18.1 Å². The summed E-state index contributed by atoms with van der Waals surface area (Å²) >= 11 is 0. The van der Waals surface area contributed by atoms with Crippen molar-refractivity contribution in [3.05, 3.63) is 53.6 Å². The van der Waals surface area contributed by atoms with Crippen LogP contribution in [-0.2, 0) is 0 Å². The lowest BCUT2D eigenvalue weighted by atomic mass is 10.2. The van der Waals surface area contributed by atoms with Crippen LogP contribution in [0.5, 0.6) is 11.5 Å². The summed E-state index contributed by atoms with van der Waals surface area (Å²) in [5.74, 6) is 0.916. The fourth-order valence-corrected chi connectivity index (χ4v) is 2.40. The molecule has 0 bridgehead atoms. The van der Waals surface area contributed by atoms with Crippen molar-refractivity contribution in [2.24, 2.45) is 4.99 Å². The molecular formula is C19H24N2O2. The zero-order chi connectivity index (χ0) is 16.7. The zero-order valence-electron chi connectivity index (χ0n) is 14.0. The van der Waals surface area contributed by atoms with E-state index in [9.17, 15) is 5.11 Å². The summed E-state index contributed by atoms with van der Waals surface area (Å²) in [5.41, 5.74) is 3.14. The number of phenolic OH excluding ortho intramolecular Hbond substituents is 1. The van der Waals surface area contributed by atoms with Gasteiger partial charge in [0.15, 0.2) is 0 Å². The van der Waals surface area contributed by atoms with Crippen molar-refractivity contribution < 1.29 is 9.84 Å². The standard InChI is InChI=1S/C19H24N2O2/c1-4-21(17-7-5-6-15(2)12-17)11-10-20-14-16-13-18(23-3)8-9-19(16)22/h5-9,12-14,22H,4,10-11H2,1-3H3. The first-order valence-corrected chi connectivity index (χ1v) is 7.82. The van der Waals surface area contributed by atoms with Gasteiger partial charge in [0.25, 0.3) is 0 Å². The van der Waals surface area contributed by atoms with Crippen molar-refractivity contribution in [1.29, 1.82) is 0 Å². The van der Waals surface area contributed by atoms with Gasteiger partial charge in [-0.05, 0) is 49.7 Å². The van der Waals surface area contributed by atoms with Crippen molar-refractivity contribution in [2.45, 2.75) is 13.8 Å². The first-order valence-electron chi connectivity index (χ1n) is 7.82. The summed E-state index contributed by atoms with van der Waals surface area (Å²) in [6.45, 7) is 6.67. The van der Waals surface area contributed by atoms with E-state index in [0.717, 1.165) is 13.1 Å². The topological polar surface area (TPSA) is 45.1 Å². The quantitative estimate of drug-likeness (QED) is 0.794. The molecule has 2 aromatic carbocycles. The lowest BCUT2D eigenvalue weighted by Gasteiger charge is -2.22. The van der Waals surface area contributed by atoms with E-state index in [-0.39, 0.29) is 5.75 Å². The smallest absolute Gasteiger partial charge is 0.124 e. The number of anilines is 1. The minimum Gasteiger partial charge on any atom is -0.507 e. The number of likely N-dealkylation sites (N-methyl/N-ethyl adjacent to an activating group) is 1. The summed E-state index contributed by atoms with van der Waals surface area (Å²) in [7, 11) is 1.61. The van der Waals surface area contributed by atoms with E-state index in [0.29, 0.717) is 17.9 Å². The van der Waals surface area contributed by atoms with Gasteiger partial charge in [0.1, 0.15) is 11.5 Å². The van der Waals surface area contributed by atoms with Gasteiger partial charge in [-0.2, -0.15) is 0 Å². The Kier molecular flexibility index (Phi) is 6.03. The van der Waals surface area contributed by atoms with E-state index in [1.165, 1.54) is 11.3 Å². The van der Waals surface area contributed by atoms with E-state index < -0.39 is 0 Å². The molecule has 2 aromatic rings. The number of aliphatic imine (C=N–C) groups is 1. The van der Waals surface area contributed by atoms with Gasteiger partial charge in [-0.25, -0.2) is 0 Å². The first-order chi connectivity index (χ1) is 11.1. The van der Waals surface area contributed by atoms with Crippen molar-refractivity contribution in [1.82, 2.24) is 0 Å². The maximum absolute atomic E-state index is 9.84. The molecule has 23 heavy (non-hydrogen) atoms. The minimum atomic E-state index is 0.209. The Balaban J connectivity index is 1.97. The van der Waals surface area contributed by atoms with Crippen LogP contribution in [0.15, 0.2) is 47.5 Å². The molecule has 0 saturated heterocycles. The molecule has 0 radical (unpaired) electrons. The maximum Gasteiger partial charge on any atom is 0.124 e. The van der Waals surface area contributed by atoms with Crippen molar-refractivity contribution in [3.63, 3.8) is 0 Å². The highest BCUT2D eigenvalue weighted by atomic mass is 16.5. The molecule has 2 rings (SSSR count). The Bertz CT molecular complexity index is 668. The molecule has 0 heterocycles. The van der Waals surface area contributed by atoms with Crippen LogP contribution in [0.4, 0.5) is 5.69 Å². The van der Waals surface area contributed by atoms with Gasteiger partial charge in [0.2, 0.25) is 0 Å². The zero-order valence-corrected chi connectivity index (χ0v) is 14.0. The highest BCUT2D eigenvalue weighted by Crippen LogP contribution is 2.21. The maximum atomic E-state index is 9.84. The normalized spacial score (nSPS) is 10.9. The lowest BCUT2D eigenvalue weighted by Crippen LogP contribution is -2.25. The monoisotopic (exact) mass is 312 g/mol. The molecule has 0 fully saturated rings. The number of phenols is 1. The van der Waals surface area contributed by atoms with Crippen LogP contribution in [0.2, 0.25) is 0 Å². The van der Waals surface area contributed by atoms with E-state index in [1.807, 2.05) is 0 Å². The van der Waals surface area contributed by atoms with Gasteiger partial charge in [0.05, 0.1) is 13.7 Å². The van der Waals surface area contributed by atoms with Crippen molar-refractivity contribution >= 4 is 11.9 Å². The number of hydrogen-bond donors (Lipinski definition) is 1. The van der Waals surface area contributed by atoms with Crippen LogP contribution in [-0.4, -0.2) is 38.1 Å². The first kappa shape index (κ1) is 16.9. The SMILES string of the molecule is CCN(CCN=Cc1cc(OC)ccc1O)c1cccc(C)c1. The van der Waals surface area contributed by atoms with Gasteiger partial charge in [-0.3, -0.25) is 4.99 Å². The summed E-state index contributed by atoms with van der Waals surface area (Å²) in [6.07, 6.45) is 1.70. The van der Waals surface area contributed by atoms with Crippen LogP contribution >= 0.6 is 0 Å². The molecule has 122 valence electrons. The second-order valence-corrected chi connectivity index (χ2v) is 5.38. The van der Waals surface area contributed by atoms with Crippen LogP contribution < -0.4 is 9.64 Å². The summed E-state index contributed by atoms with van der Waals surface area (Å²) in [4.78, 5) is 6.72. The summed E-state index contributed by atoms with van der Waals surface area (Å²) in [5, 5.41) is 9.84. The number of rotatable bonds is 7. The van der Waals surface area contributed by atoms with Gasteiger partial charge in [0, 0.05) is 30.6 Å². The Hall–Kier alpha value is -2.49. The average molecular weight is 312 g/mol. The predicted octanol–water partition coefficient (Wildman–Crippen LogP) is 3.65. The fraction of sp³-hybridized carbons (Fsp3) is 0.316. The molecule has 0 amide bonds. The van der Waals surface area contributed by atoms with Gasteiger partial charge in [-0.15, -0.1) is 0 Å². The molecule has 0 aromatic heterocycles. The number of hydrogen-bond acceptors (Lipinski definition) is 4. The number of benzene rings is 2. The van der Waals surface area contributed by atoms with Crippen molar-refractivity contribution in [3.8, 4) is 11.5 Å². The second-order valence-electron chi connectivity index (χ2n) is 5.38. The predicted molar refractivity (Wildman–Crippen MR) is 96.2 cm³/mol.